The minimum atomic E-state index is -0.959. The number of hydrogen-bond acceptors (Lipinski definition) is 2. The van der Waals surface area contributed by atoms with Crippen LogP contribution in [0.15, 0.2) is 60.7 Å². The number of hydrogen-bond donors (Lipinski definition) is 0. The fourth-order valence-electron chi connectivity index (χ4n) is 4.29. The summed E-state index contributed by atoms with van der Waals surface area (Å²) in [5, 5.41) is 1.28. The van der Waals surface area contributed by atoms with Crippen LogP contribution in [-0.2, 0) is 9.59 Å². The van der Waals surface area contributed by atoms with Crippen molar-refractivity contribution in [2.24, 2.45) is 11.3 Å². The molecule has 0 amide bonds. The molecule has 1 aliphatic carbocycles. The van der Waals surface area contributed by atoms with Gasteiger partial charge in [-0.2, -0.15) is 0 Å². The van der Waals surface area contributed by atoms with E-state index < -0.39 is 5.41 Å². The second-order valence-electron chi connectivity index (χ2n) is 7.10. The van der Waals surface area contributed by atoms with Gasteiger partial charge >= 0.3 is 0 Å². The molecule has 0 saturated heterocycles. The number of ketones is 1. The molecule has 0 aliphatic heterocycles. The minimum absolute atomic E-state index is 0.0366. The zero-order chi connectivity index (χ0) is 19.1. The van der Waals surface area contributed by atoms with Gasteiger partial charge in [-0.15, -0.1) is 0 Å². The van der Waals surface area contributed by atoms with Gasteiger partial charge in [-0.05, 0) is 47.9 Å². The van der Waals surface area contributed by atoms with Gasteiger partial charge in [-0.1, -0.05) is 61.0 Å². The SMILES string of the molecule is C=C(C=O)[C@]1(C)C(=O)[C@@H](C)[C@H](c2ccc(Cl)cc2)[C@H]1c1ccc(Cl)cc1. The summed E-state index contributed by atoms with van der Waals surface area (Å²) in [6.45, 7) is 7.67. The van der Waals surface area contributed by atoms with Gasteiger partial charge in [0.05, 0.1) is 5.41 Å². The molecule has 0 radical (unpaired) electrons. The number of carbonyl (C=O) groups is 2. The summed E-state index contributed by atoms with van der Waals surface area (Å²) in [7, 11) is 0. The van der Waals surface area contributed by atoms with Crippen molar-refractivity contribution in [3.05, 3.63) is 81.9 Å². The molecule has 26 heavy (non-hydrogen) atoms. The lowest BCUT2D eigenvalue weighted by atomic mass is 9.68. The number of halogens is 2. The number of carbonyl (C=O) groups excluding carboxylic acids is 2. The molecule has 1 fully saturated rings. The Bertz CT molecular complexity index is 855. The van der Waals surface area contributed by atoms with Crippen LogP contribution >= 0.6 is 23.2 Å². The van der Waals surface area contributed by atoms with Crippen molar-refractivity contribution >= 4 is 35.3 Å². The second kappa shape index (κ2) is 7.02. The summed E-state index contributed by atoms with van der Waals surface area (Å²) in [4.78, 5) is 24.8. The molecule has 0 bridgehead atoms. The highest BCUT2D eigenvalue weighted by Gasteiger charge is 2.57. The van der Waals surface area contributed by atoms with Crippen LogP contribution in [-0.4, -0.2) is 12.1 Å². The maximum atomic E-state index is 13.3. The second-order valence-corrected chi connectivity index (χ2v) is 7.98. The fourth-order valence-corrected chi connectivity index (χ4v) is 4.55. The molecule has 1 aliphatic rings. The van der Waals surface area contributed by atoms with Crippen molar-refractivity contribution in [1.82, 2.24) is 0 Å². The highest BCUT2D eigenvalue weighted by molar-refractivity contribution is 6.30. The van der Waals surface area contributed by atoms with Gasteiger partial charge in [-0.25, -0.2) is 0 Å². The molecule has 2 aromatic carbocycles. The van der Waals surface area contributed by atoms with E-state index >= 15 is 0 Å². The van der Waals surface area contributed by atoms with Crippen molar-refractivity contribution < 1.29 is 9.59 Å². The molecule has 1 saturated carbocycles. The third-order valence-electron chi connectivity index (χ3n) is 5.74. The van der Waals surface area contributed by atoms with Gasteiger partial charge in [0, 0.05) is 27.8 Å². The molecule has 0 heterocycles. The predicted molar refractivity (Wildman–Crippen MR) is 106 cm³/mol. The quantitative estimate of drug-likeness (QED) is 0.488. The topological polar surface area (TPSA) is 34.1 Å². The van der Waals surface area contributed by atoms with E-state index in [-0.39, 0.29) is 23.5 Å². The lowest BCUT2D eigenvalue weighted by Crippen LogP contribution is -2.32. The largest absolute Gasteiger partial charge is 0.298 e. The zero-order valence-electron chi connectivity index (χ0n) is 14.7. The zero-order valence-corrected chi connectivity index (χ0v) is 16.2. The standard InChI is InChI=1S/C22H20Cl2O2/c1-13(12-25)22(3)20(16-6-10-18(24)11-7-16)19(14(2)21(22)26)15-4-8-17(23)9-5-15/h4-12,14,19-20H,1H2,2-3H3/t14-,19+,20+,22-/m0/s1. The maximum absolute atomic E-state index is 13.3. The van der Waals surface area contributed by atoms with Crippen LogP contribution in [0.1, 0.15) is 36.8 Å². The minimum Gasteiger partial charge on any atom is -0.298 e. The van der Waals surface area contributed by atoms with Gasteiger partial charge in [0.2, 0.25) is 0 Å². The van der Waals surface area contributed by atoms with E-state index in [1.807, 2.05) is 62.4 Å². The van der Waals surface area contributed by atoms with Crippen molar-refractivity contribution in [2.75, 3.05) is 0 Å². The van der Waals surface area contributed by atoms with Crippen LogP contribution in [0.5, 0.6) is 0 Å². The third kappa shape index (κ3) is 2.91. The Balaban J connectivity index is 2.22. The van der Waals surface area contributed by atoms with Crippen molar-refractivity contribution in [2.45, 2.75) is 25.7 Å². The lowest BCUT2D eigenvalue weighted by Gasteiger charge is -2.33. The first-order chi connectivity index (χ1) is 12.3. The highest BCUT2D eigenvalue weighted by atomic mass is 35.5. The first kappa shape index (κ1) is 18.9. The van der Waals surface area contributed by atoms with Crippen molar-refractivity contribution in [3.63, 3.8) is 0 Å². The molecule has 134 valence electrons. The van der Waals surface area contributed by atoms with Crippen molar-refractivity contribution in [1.29, 1.82) is 0 Å². The average Bonchev–Trinajstić information content (AvgIpc) is 2.84. The van der Waals surface area contributed by atoms with E-state index in [4.69, 9.17) is 23.2 Å². The number of rotatable bonds is 4. The third-order valence-corrected chi connectivity index (χ3v) is 6.24. The summed E-state index contributed by atoms with van der Waals surface area (Å²) >= 11 is 12.1. The smallest absolute Gasteiger partial charge is 0.147 e. The van der Waals surface area contributed by atoms with Gasteiger partial charge < -0.3 is 0 Å². The molecule has 4 heteroatoms. The van der Waals surface area contributed by atoms with Crippen LogP contribution in [0.4, 0.5) is 0 Å². The maximum Gasteiger partial charge on any atom is 0.147 e. The monoisotopic (exact) mass is 386 g/mol. The van der Waals surface area contributed by atoms with Crippen LogP contribution in [0.25, 0.3) is 0 Å². The summed E-state index contributed by atoms with van der Waals surface area (Å²) in [6, 6.07) is 15.1. The molecule has 0 spiro atoms. The number of benzene rings is 2. The number of Topliss-reactive ketones (excluding diaryl/α,β-unsaturated/α-hetero) is 1. The van der Waals surface area contributed by atoms with Crippen LogP contribution in [0.2, 0.25) is 10.0 Å². The summed E-state index contributed by atoms with van der Waals surface area (Å²) in [5.74, 6) is -0.503. The molecule has 0 N–H and O–H groups in total. The first-order valence-electron chi connectivity index (χ1n) is 8.50. The Morgan fingerprint density at radius 2 is 1.46 bits per heavy atom. The lowest BCUT2D eigenvalue weighted by molar-refractivity contribution is -0.127. The Hall–Kier alpha value is -1.90. The van der Waals surface area contributed by atoms with Gasteiger partial charge in [0.15, 0.2) is 0 Å². The summed E-state index contributed by atoms with van der Waals surface area (Å²) in [6.07, 6.45) is 0.706. The number of aldehydes is 1. The molecule has 2 aromatic rings. The van der Waals surface area contributed by atoms with Gasteiger partial charge in [-0.3, -0.25) is 9.59 Å². The molecule has 3 rings (SSSR count). The molecule has 2 nitrogen and oxygen atoms in total. The predicted octanol–water partition coefficient (Wildman–Crippen LogP) is 5.84. The molecular formula is C22H20Cl2O2. The highest BCUT2D eigenvalue weighted by Crippen LogP contribution is 2.59. The fraction of sp³-hybridized carbons (Fsp3) is 0.273. The van der Waals surface area contributed by atoms with E-state index in [0.29, 0.717) is 21.9 Å². The first-order valence-corrected chi connectivity index (χ1v) is 9.26. The van der Waals surface area contributed by atoms with Crippen LogP contribution in [0.3, 0.4) is 0 Å². The average molecular weight is 387 g/mol. The van der Waals surface area contributed by atoms with E-state index in [9.17, 15) is 9.59 Å². The molecule has 0 unspecified atom stereocenters. The van der Waals surface area contributed by atoms with Crippen LogP contribution < -0.4 is 0 Å². The van der Waals surface area contributed by atoms with E-state index in [2.05, 4.69) is 6.58 Å². The normalized spacial score (nSPS) is 28.2. The summed E-state index contributed by atoms with van der Waals surface area (Å²) < 4.78 is 0. The number of allylic oxidation sites excluding steroid dienone is 1. The summed E-state index contributed by atoms with van der Waals surface area (Å²) in [5.41, 5.74) is 1.35. The molecular weight excluding hydrogens is 367 g/mol. The Morgan fingerprint density at radius 3 is 1.92 bits per heavy atom. The Kier molecular flexibility index (Phi) is 5.09. The van der Waals surface area contributed by atoms with E-state index in [1.54, 1.807) is 0 Å². The van der Waals surface area contributed by atoms with Gasteiger partial charge in [0.1, 0.15) is 12.1 Å². The van der Waals surface area contributed by atoms with Crippen LogP contribution in [0, 0.1) is 11.3 Å². The molecule has 4 atom stereocenters. The Labute approximate surface area is 163 Å². The van der Waals surface area contributed by atoms with Gasteiger partial charge in [0.25, 0.3) is 0 Å². The molecule has 0 aromatic heterocycles. The van der Waals surface area contributed by atoms with E-state index in [1.165, 1.54) is 0 Å². The van der Waals surface area contributed by atoms with E-state index in [0.717, 1.165) is 11.1 Å². The Morgan fingerprint density at radius 1 is 1.00 bits per heavy atom. The van der Waals surface area contributed by atoms with Crippen molar-refractivity contribution in [3.8, 4) is 0 Å².